The summed E-state index contributed by atoms with van der Waals surface area (Å²) < 4.78 is 0. The van der Waals surface area contributed by atoms with E-state index in [9.17, 15) is 63.9 Å². The third-order valence-electron chi connectivity index (χ3n) is 17.7. The van der Waals surface area contributed by atoms with Gasteiger partial charge >= 0.3 is 32.7 Å². The molecule has 35 heteroatoms. The normalized spacial score (nSPS) is 21.1. The van der Waals surface area contributed by atoms with Crippen molar-refractivity contribution in [2.24, 2.45) is 17.4 Å². The maximum absolute atomic E-state index is 15.5. The zero-order valence-corrected chi connectivity index (χ0v) is 63.2. The molecule has 3 heterocycles. The second-order valence-electron chi connectivity index (χ2n) is 26.2. The van der Waals surface area contributed by atoms with E-state index in [1.807, 2.05) is 30.3 Å². The van der Waals surface area contributed by atoms with Gasteiger partial charge in [0.05, 0.1) is 30.6 Å². The maximum Gasteiger partial charge on any atom is 3.00 e. The summed E-state index contributed by atoms with van der Waals surface area (Å²) in [7, 11) is 1.81. The number of hydrogen-bond donors (Lipinski definition) is 13. The Hall–Kier alpha value is -8.32. The van der Waals surface area contributed by atoms with E-state index in [0.717, 1.165) is 32.4 Å². The van der Waals surface area contributed by atoms with Crippen LogP contribution in [-0.4, -0.2) is 257 Å². The molecule has 7 rings (SSSR count). The monoisotopic (exact) mass is 1570 g/mol. The Bertz CT molecular complexity index is 3790. The molecule has 2 aliphatic rings. The van der Waals surface area contributed by atoms with Crippen LogP contribution in [0.15, 0.2) is 97.2 Å². The van der Waals surface area contributed by atoms with Crippen molar-refractivity contribution < 1.29 is 116 Å². The van der Waals surface area contributed by atoms with Gasteiger partial charge in [-0.05, 0) is 84.3 Å². The SMILES string of the molecule is CC(C)[C@@H]1NC(=O)[C@H](CCCCN)NC(=O)[C@@H](Cc2c[nH]c3ccccc23)NC(=O)[C@H](Cc2ccc(O)cc2)NC(=O)[C@H](NC(=O)[C@@H](Cc2ccc3ccccc3c2)NC(=O)CN2CCN(CC(=O)[O-])CCN(CC(=O)[O-])CCN(CC(=O)[O-])CC2)CSSC[C@@H](C(=O)N[C@H](C(N)=O)[C@@H](C)O)NC1=O.[90Y+3]. The van der Waals surface area contributed by atoms with Gasteiger partial charge in [0.2, 0.25) is 53.2 Å². The molecule has 5 aromatic rings. The summed E-state index contributed by atoms with van der Waals surface area (Å²) in [5.74, 6) is -14.1. The Morgan fingerprint density at radius 3 is 1.70 bits per heavy atom. The molecule has 4 aromatic carbocycles. The number of H-pyrrole nitrogens is 1. The number of benzene rings is 4. The number of aliphatic carboxylic acids is 3. The van der Waals surface area contributed by atoms with Crippen LogP contribution in [0.1, 0.15) is 56.7 Å². The number of unbranched alkanes of at least 4 members (excludes halogenated alkanes) is 1. The summed E-state index contributed by atoms with van der Waals surface area (Å²) in [4.78, 5) is 177. The molecule has 0 aliphatic carbocycles. The van der Waals surface area contributed by atoms with Crippen LogP contribution in [0, 0.1) is 5.92 Å². The molecular formula is C70H92N15O17S2Y. The molecule has 105 heavy (non-hydrogen) atoms. The molecular weight excluding hydrogens is 1480 g/mol. The first-order valence-corrected chi connectivity index (χ1v) is 36.8. The Labute approximate surface area is 640 Å². The van der Waals surface area contributed by atoms with Gasteiger partial charge in [-0.3, -0.25) is 62.8 Å². The molecule has 1 aromatic heterocycles. The number of amides is 9. The number of carboxylic acids is 3. The number of aromatic nitrogens is 1. The molecule has 15 N–H and O–H groups in total. The fourth-order valence-corrected chi connectivity index (χ4v) is 14.3. The van der Waals surface area contributed by atoms with Gasteiger partial charge in [-0.25, -0.2) is 0 Å². The summed E-state index contributed by atoms with van der Waals surface area (Å²) in [5, 5.41) is 80.6. The first-order valence-electron chi connectivity index (χ1n) is 34.3. The van der Waals surface area contributed by atoms with Crippen molar-refractivity contribution in [3.63, 3.8) is 0 Å². The van der Waals surface area contributed by atoms with Gasteiger partial charge in [0.15, 0.2) is 0 Å². The quantitative estimate of drug-likeness (QED) is 0.0181. The molecule has 2 aliphatic heterocycles. The van der Waals surface area contributed by atoms with Crippen LogP contribution >= 0.6 is 21.6 Å². The number of aromatic amines is 1. The number of carbonyl (C=O) groups is 12. The number of para-hydroxylation sites is 1. The van der Waals surface area contributed by atoms with Crippen LogP contribution in [0.5, 0.6) is 5.75 Å². The summed E-state index contributed by atoms with van der Waals surface area (Å²) in [5.41, 5.74) is 13.7. The van der Waals surface area contributed by atoms with Gasteiger partial charge in [-0.2, -0.15) is 0 Å². The van der Waals surface area contributed by atoms with Crippen molar-refractivity contribution in [3.05, 3.63) is 114 Å². The topological polar surface area (TPSA) is 492 Å². The van der Waals surface area contributed by atoms with Crippen molar-refractivity contribution in [1.82, 2.24) is 67.1 Å². The maximum atomic E-state index is 15.5. The summed E-state index contributed by atoms with van der Waals surface area (Å²) >= 11 is 0. The van der Waals surface area contributed by atoms with E-state index in [4.69, 9.17) is 11.5 Å². The molecule has 0 saturated carbocycles. The second-order valence-corrected chi connectivity index (χ2v) is 28.7. The zero-order chi connectivity index (χ0) is 75.6. The number of hydrogen-bond acceptors (Lipinski definition) is 24. The van der Waals surface area contributed by atoms with Gasteiger partial charge in [0.1, 0.15) is 54.1 Å². The Morgan fingerprint density at radius 1 is 0.600 bits per heavy atom. The number of carboxylic acid groups (broad SMARTS) is 3. The Kier molecular flexibility index (Phi) is 34.8. The third kappa shape index (κ3) is 27.8. The number of nitrogens with two attached hydrogens (primary N) is 2. The number of rotatable bonds is 26. The van der Waals surface area contributed by atoms with E-state index in [1.54, 1.807) is 61.3 Å². The van der Waals surface area contributed by atoms with E-state index in [2.05, 4.69) is 47.5 Å². The van der Waals surface area contributed by atoms with E-state index in [1.165, 1.54) is 45.9 Å². The third-order valence-corrected chi connectivity index (χ3v) is 20.2. The smallest absolute Gasteiger partial charge is 0.549 e. The van der Waals surface area contributed by atoms with E-state index in [0.29, 0.717) is 40.4 Å². The number of carbonyl (C=O) groups excluding carboxylic acids is 12. The Balaban J connectivity index is 0.0000173. The number of phenolic OH excluding ortho intramolecular Hbond substituents is 1. The molecule has 2 saturated heterocycles. The van der Waals surface area contributed by atoms with E-state index >= 15 is 19.2 Å². The van der Waals surface area contributed by atoms with Crippen LogP contribution in [-0.2, 0) is 110 Å². The fraction of sp³-hybridized carbons (Fsp3) is 0.486. The average Bonchev–Trinajstić information content (AvgIpc) is 1.76. The van der Waals surface area contributed by atoms with Crippen LogP contribution in [0.2, 0.25) is 0 Å². The molecule has 32 nitrogen and oxygen atoms in total. The van der Waals surface area contributed by atoms with Gasteiger partial charge in [0, 0.05) is 120 Å². The molecule has 0 unspecified atom stereocenters. The van der Waals surface area contributed by atoms with Crippen LogP contribution in [0.25, 0.3) is 21.7 Å². The summed E-state index contributed by atoms with van der Waals surface area (Å²) in [6.45, 7) is 2.68. The van der Waals surface area contributed by atoms with E-state index in [-0.39, 0.29) is 129 Å². The summed E-state index contributed by atoms with van der Waals surface area (Å²) in [6.07, 6.45) is 0.194. The molecule has 0 spiro atoms. The second kappa shape index (κ2) is 42.7. The van der Waals surface area contributed by atoms with Crippen molar-refractivity contribution in [1.29, 1.82) is 0 Å². The van der Waals surface area contributed by atoms with Crippen LogP contribution in [0.4, 0.5) is 0 Å². The number of nitrogens with one attached hydrogen (secondary N) is 9. The average molecular weight is 1570 g/mol. The molecule has 9 amide bonds. The van der Waals surface area contributed by atoms with Crippen molar-refractivity contribution in [2.45, 2.75) is 114 Å². The van der Waals surface area contributed by atoms with Gasteiger partial charge < -0.3 is 98.9 Å². The number of aromatic hydroxyl groups is 1. The Morgan fingerprint density at radius 2 is 1.12 bits per heavy atom. The summed E-state index contributed by atoms with van der Waals surface area (Å²) in [6, 6.07) is 13.4. The first-order chi connectivity index (χ1) is 49.6. The fourth-order valence-electron chi connectivity index (χ4n) is 12.0. The molecule has 0 bridgehead atoms. The number of aliphatic hydroxyl groups excluding tert-OH is 1. The minimum atomic E-state index is -1.66. The first kappa shape index (κ1) is 85.6. The number of nitrogens with zero attached hydrogens (tertiary/aromatic N) is 4. The molecule has 0 radical (unpaired) electrons. The molecule has 9 atom stereocenters. The minimum absolute atomic E-state index is 0. The zero-order valence-electron chi connectivity index (χ0n) is 58.7. The molecule has 2 fully saturated rings. The number of aliphatic hydroxyl groups is 1. The van der Waals surface area contributed by atoms with Crippen molar-refractivity contribution in [3.8, 4) is 5.75 Å². The standard InChI is InChI=1S/C70H95N15O17S2.Y/c1-41(2)61-70(102)79-56(69(101)81-62(42(3)86)63(72)95)40-104-103-39-55(68(100)76-53(31-43-16-19-48(87)20-17-43)66(98)77-54(33-47-34-73-50-13-7-6-12-49(47)50)67(99)75-51(64(96)80-61)14-8-9-21-71)78-65(97)52(32-44-15-18-45-10-4-5-11-46(45)30-44)74-57(88)35-82-22-24-83(36-58(89)90)26-28-85(38-60(93)94)29-27-84(25-23-82)37-59(91)92;/h4-7,10-13,15-20,30,34,41-42,51-56,61-62,73,86-87H,8-9,14,21-29,31-33,35-40,71H2,1-3H3,(H2,72,95)(H,74,88)(H,75,99)(H,76,100)(H,77,98)(H,78,97)(H,79,102)(H,80,96)(H,81,101)(H,89,90)(H,91,92)(H,93,94);/q;+3/p-3/t42-,51+,52-,53+,54-,55-,56+,61+,62+;/m1./s1/i;1+1. The van der Waals surface area contributed by atoms with Crippen molar-refractivity contribution >= 4 is 114 Å². The number of fused-ring (bicyclic) bond motifs is 2. The largest absolute Gasteiger partial charge is 3.00 e. The van der Waals surface area contributed by atoms with Gasteiger partial charge in [0.25, 0.3) is 0 Å². The number of phenols is 1. The van der Waals surface area contributed by atoms with Crippen LogP contribution in [0.3, 0.4) is 0 Å². The molecule has 564 valence electrons. The van der Waals surface area contributed by atoms with Gasteiger partial charge in [-0.15, -0.1) is 0 Å². The number of primary amides is 1. The van der Waals surface area contributed by atoms with Crippen molar-refractivity contribution in [2.75, 3.05) is 96.6 Å². The predicted molar refractivity (Wildman–Crippen MR) is 381 cm³/mol. The van der Waals surface area contributed by atoms with Gasteiger partial charge in [-0.1, -0.05) is 108 Å². The van der Waals surface area contributed by atoms with E-state index < -0.39 is 163 Å². The predicted octanol–water partition coefficient (Wildman–Crippen LogP) is -5.55. The van der Waals surface area contributed by atoms with Crippen LogP contribution < -0.4 is 69.3 Å². The minimum Gasteiger partial charge on any atom is -0.549 e.